The first-order valence-electron chi connectivity index (χ1n) is 19.5. The van der Waals surface area contributed by atoms with E-state index in [1.165, 1.54) is 72.0 Å². The maximum Gasteiger partial charge on any atom is 0.248 e. The number of fused-ring (bicyclic) bond motifs is 6. The lowest BCUT2D eigenvalue weighted by molar-refractivity contribution is 0.436. The predicted octanol–water partition coefficient (Wildman–Crippen LogP) is 13.7. The van der Waals surface area contributed by atoms with Gasteiger partial charge in [-0.05, 0) is 118 Å². The zero-order valence-electron chi connectivity index (χ0n) is 31.2. The molecule has 9 aromatic rings. The number of para-hydroxylation sites is 2. The summed E-state index contributed by atoms with van der Waals surface area (Å²) in [6, 6.07) is 59.3. The van der Waals surface area contributed by atoms with Gasteiger partial charge in [0, 0.05) is 33.0 Å². The third kappa shape index (κ3) is 5.43. The second-order valence-corrected chi connectivity index (χ2v) is 14.9. The highest BCUT2D eigenvalue weighted by Crippen LogP contribution is 2.55. The van der Waals surface area contributed by atoms with Crippen molar-refractivity contribution in [2.45, 2.75) is 44.9 Å². The molecule has 0 bridgehead atoms. The van der Waals surface area contributed by atoms with Gasteiger partial charge in [0.1, 0.15) is 0 Å². The molecule has 55 heavy (non-hydrogen) atoms. The molecule has 4 nitrogen and oxygen atoms in total. The van der Waals surface area contributed by atoms with Gasteiger partial charge in [0.25, 0.3) is 0 Å². The van der Waals surface area contributed by atoms with Crippen LogP contribution in [0.4, 0.5) is 0 Å². The summed E-state index contributed by atoms with van der Waals surface area (Å²) >= 11 is 0. The molecule has 2 heterocycles. The maximum atomic E-state index is 6.05. The topological polar surface area (TPSA) is 43.9 Å². The van der Waals surface area contributed by atoms with Crippen LogP contribution in [0.25, 0.3) is 83.8 Å². The van der Waals surface area contributed by atoms with Crippen molar-refractivity contribution in [3.05, 3.63) is 175 Å². The van der Waals surface area contributed by atoms with Gasteiger partial charge < -0.3 is 8.98 Å². The Bertz CT molecular complexity index is 2770. The number of hydrogen-bond acceptors (Lipinski definition) is 3. The summed E-state index contributed by atoms with van der Waals surface area (Å²) in [7, 11) is 0. The van der Waals surface area contributed by atoms with E-state index in [1.54, 1.807) is 0 Å². The minimum atomic E-state index is -0.0410. The van der Waals surface area contributed by atoms with Gasteiger partial charge in [-0.1, -0.05) is 130 Å². The van der Waals surface area contributed by atoms with E-state index in [1.807, 2.05) is 30.3 Å². The Balaban J connectivity index is 0.990. The van der Waals surface area contributed by atoms with Gasteiger partial charge in [-0.25, -0.2) is 0 Å². The van der Waals surface area contributed by atoms with E-state index >= 15 is 0 Å². The molecule has 1 aliphatic rings. The molecule has 10 rings (SSSR count). The lowest BCUT2D eigenvalue weighted by Gasteiger charge is -2.32. The molecule has 0 saturated heterocycles. The van der Waals surface area contributed by atoms with E-state index in [4.69, 9.17) is 4.42 Å². The van der Waals surface area contributed by atoms with Crippen LogP contribution < -0.4 is 0 Å². The molecular weight excluding hydrogens is 671 g/mol. The first-order chi connectivity index (χ1) is 27.1. The Morgan fingerprint density at radius 3 is 1.42 bits per heavy atom. The number of rotatable bonds is 9. The Morgan fingerprint density at radius 2 is 0.891 bits per heavy atom. The van der Waals surface area contributed by atoms with Gasteiger partial charge in [-0.15, -0.1) is 10.2 Å². The van der Waals surface area contributed by atoms with E-state index < -0.39 is 0 Å². The minimum absolute atomic E-state index is 0.0410. The largest absolute Gasteiger partial charge is 0.416 e. The second-order valence-electron chi connectivity index (χ2n) is 14.9. The van der Waals surface area contributed by atoms with E-state index in [0.717, 1.165) is 36.8 Å². The van der Waals surface area contributed by atoms with Crippen molar-refractivity contribution in [2.75, 3.05) is 0 Å². The molecule has 0 fully saturated rings. The van der Waals surface area contributed by atoms with Gasteiger partial charge >= 0.3 is 0 Å². The summed E-state index contributed by atoms with van der Waals surface area (Å²) in [5.41, 5.74) is 16.0. The molecule has 0 radical (unpaired) electrons. The van der Waals surface area contributed by atoms with Crippen LogP contribution in [0.5, 0.6) is 0 Å². The third-order valence-corrected chi connectivity index (χ3v) is 11.7. The molecule has 0 atom stereocenters. The van der Waals surface area contributed by atoms with Crippen LogP contribution in [-0.2, 0) is 5.41 Å². The Morgan fingerprint density at radius 1 is 0.455 bits per heavy atom. The molecule has 0 aliphatic heterocycles. The van der Waals surface area contributed by atoms with Crippen LogP contribution in [0.15, 0.2) is 168 Å². The van der Waals surface area contributed by atoms with E-state index in [-0.39, 0.29) is 5.41 Å². The lowest BCUT2D eigenvalue weighted by atomic mass is 9.71. The molecule has 1 aliphatic carbocycles. The monoisotopic (exact) mass is 711 g/mol. The fourth-order valence-electron chi connectivity index (χ4n) is 9.22. The molecule has 266 valence electrons. The quantitative estimate of drug-likeness (QED) is 0.150. The van der Waals surface area contributed by atoms with Crippen molar-refractivity contribution in [1.29, 1.82) is 0 Å². The highest BCUT2D eigenvalue weighted by atomic mass is 16.4. The summed E-state index contributed by atoms with van der Waals surface area (Å²) in [5.74, 6) is 1.05. The average molecular weight is 712 g/mol. The van der Waals surface area contributed by atoms with Crippen molar-refractivity contribution >= 4 is 21.8 Å². The third-order valence-electron chi connectivity index (χ3n) is 11.7. The summed E-state index contributed by atoms with van der Waals surface area (Å²) in [5, 5.41) is 11.2. The van der Waals surface area contributed by atoms with E-state index in [9.17, 15) is 0 Å². The summed E-state index contributed by atoms with van der Waals surface area (Å²) in [4.78, 5) is 0. The smallest absolute Gasteiger partial charge is 0.248 e. The van der Waals surface area contributed by atoms with Crippen LogP contribution in [0.2, 0.25) is 0 Å². The van der Waals surface area contributed by atoms with Crippen LogP contribution >= 0.6 is 0 Å². The second kappa shape index (κ2) is 13.4. The normalized spacial score (nSPS) is 13.0. The van der Waals surface area contributed by atoms with Gasteiger partial charge in [-0.2, -0.15) is 0 Å². The lowest BCUT2D eigenvalue weighted by Crippen LogP contribution is -2.25. The molecule has 0 unspecified atom stereocenters. The molecule has 0 spiro atoms. The number of benzene rings is 7. The molecule has 0 saturated carbocycles. The highest BCUT2D eigenvalue weighted by molar-refractivity contribution is 6.09. The van der Waals surface area contributed by atoms with Crippen molar-refractivity contribution in [3.8, 4) is 62.0 Å². The summed E-state index contributed by atoms with van der Waals surface area (Å²) in [6.07, 6.45) is 4.45. The molecule has 2 aromatic heterocycles. The van der Waals surface area contributed by atoms with Crippen LogP contribution in [0.3, 0.4) is 0 Å². The SMILES string of the molecule is CCCC1(CCC)c2cc(-c3ccc(-c4nnc(-c5ccccc5)o4)cc3)ccc2-c2ccc(-c3ccc(-n4c5ccccc5c5ccccc54)cc3)cc21. The van der Waals surface area contributed by atoms with E-state index in [2.05, 4.69) is 162 Å². The van der Waals surface area contributed by atoms with Gasteiger partial charge in [0.2, 0.25) is 11.8 Å². The molecule has 0 N–H and O–H groups in total. The zero-order valence-corrected chi connectivity index (χ0v) is 31.2. The zero-order chi connectivity index (χ0) is 36.9. The van der Waals surface area contributed by atoms with Crippen molar-refractivity contribution in [3.63, 3.8) is 0 Å². The van der Waals surface area contributed by atoms with Crippen LogP contribution in [-0.4, -0.2) is 14.8 Å². The Kier molecular flexibility index (Phi) is 8.06. The first kappa shape index (κ1) is 33.1. The fourth-order valence-corrected chi connectivity index (χ4v) is 9.22. The minimum Gasteiger partial charge on any atom is -0.416 e. The number of aromatic nitrogens is 3. The summed E-state index contributed by atoms with van der Waals surface area (Å²) in [6.45, 7) is 4.66. The molecule has 0 amide bonds. The van der Waals surface area contributed by atoms with Gasteiger partial charge in [-0.3, -0.25) is 0 Å². The van der Waals surface area contributed by atoms with Crippen LogP contribution in [0.1, 0.15) is 50.7 Å². The molecule has 4 heteroatoms. The maximum absolute atomic E-state index is 6.05. The van der Waals surface area contributed by atoms with Crippen molar-refractivity contribution < 1.29 is 4.42 Å². The standard InChI is InChI=1S/C51H41N3O/c1-3-30-51(31-4-2)45-32-38(34-18-20-37(21-19-34)50-53-52-49(55-50)36-12-6-5-7-13-36)24-28-41(45)42-29-25-39(33-46(42)51)35-22-26-40(27-23-35)54-47-16-10-8-14-43(47)44-15-9-11-17-48(44)54/h5-29,32-33H,3-4,30-31H2,1-2H3. The van der Waals surface area contributed by atoms with E-state index in [0.29, 0.717) is 11.8 Å². The molecule has 7 aromatic carbocycles. The Labute approximate surface area is 321 Å². The predicted molar refractivity (Wildman–Crippen MR) is 226 cm³/mol. The fraction of sp³-hybridized carbons (Fsp3) is 0.137. The molecular formula is C51H41N3O. The van der Waals surface area contributed by atoms with Crippen molar-refractivity contribution in [2.24, 2.45) is 0 Å². The highest BCUT2D eigenvalue weighted by Gasteiger charge is 2.42. The van der Waals surface area contributed by atoms with Crippen LogP contribution in [0, 0.1) is 0 Å². The Hall–Kier alpha value is -6.52. The number of nitrogens with zero attached hydrogens (tertiary/aromatic N) is 3. The summed E-state index contributed by atoms with van der Waals surface area (Å²) < 4.78 is 8.44. The van der Waals surface area contributed by atoms with Gasteiger partial charge in [0.15, 0.2) is 0 Å². The van der Waals surface area contributed by atoms with Gasteiger partial charge in [0.05, 0.1) is 11.0 Å². The van der Waals surface area contributed by atoms with Crippen molar-refractivity contribution in [1.82, 2.24) is 14.8 Å². The average Bonchev–Trinajstić information content (AvgIpc) is 3.94. The number of hydrogen-bond donors (Lipinski definition) is 0. The first-order valence-corrected chi connectivity index (χ1v) is 19.5.